The van der Waals surface area contributed by atoms with Gasteiger partial charge in [-0.15, -0.1) is 24.0 Å². The number of aromatic nitrogens is 2. The Morgan fingerprint density at radius 2 is 1.83 bits per heavy atom. The number of nitrogens with zero attached hydrogens (tertiary/aromatic N) is 4. The van der Waals surface area contributed by atoms with Gasteiger partial charge in [-0.3, -0.25) is 0 Å². The predicted molar refractivity (Wildman–Crippen MR) is 109 cm³/mol. The minimum Gasteiger partial charge on any atom is -0.370 e. The molecular formula is C18H26IN5. The maximum atomic E-state index is 6.21. The van der Waals surface area contributed by atoms with Gasteiger partial charge in [0.1, 0.15) is 0 Å². The molecule has 0 radical (unpaired) electrons. The smallest absolute Gasteiger partial charge is 0.191 e. The number of benzene rings is 1. The van der Waals surface area contributed by atoms with Crippen LogP contribution in [0, 0.1) is 6.92 Å². The van der Waals surface area contributed by atoms with Crippen LogP contribution in [0.15, 0.2) is 41.5 Å². The van der Waals surface area contributed by atoms with Crippen LogP contribution in [-0.2, 0) is 6.54 Å². The average molecular weight is 439 g/mol. The molecule has 3 rings (SSSR count). The Balaban J connectivity index is 0.00000208. The Bertz CT molecular complexity index is 672. The van der Waals surface area contributed by atoms with Gasteiger partial charge in [0.05, 0.1) is 17.9 Å². The van der Waals surface area contributed by atoms with Crippen molar-refractivity contribution in [2.75, 3.05) is 13.1 Å². The van der Waals surface area contributed by atoms with Crippen LogP contribution < -0.4 is 5.73 Å². The molecule has 1 aliphatic rings. The molecule has 24 heavy (non-hydrogen) atoms. The molecule has 1 aromatic heterocycles. The van der Waals surface area contributed by atoms with Crippen LogP contribution in [0.2, 0.25) is 0 Å². The van der Waals surface area contributed by atoms with E-state index in [1.807, 2.05) is 36.0 Å². The number of hydrogen-bond donors (Lipinski definition) is 1. The standard InChI is InChI=1S/C18H25N5.HI/c1-15-10-13-23(21-15)17-9-5-4-8-16(17)14-20-18(19)22-11-6-2-3-7-12-22;/h4-5,8-10,13H,2-3,6-7,11-12,14H2,1H3,(H2,19,20);1H. The molecule has 2 aromatic rings. The Labute approximate surface area is 161 Å². The van der Waals surface area contributed by atoms with E-state index in [0.717, 1.165) is 30.0 Å². The zero-order valence-corrected chi connectivity index (χ0v) is 16.5. The minimum atomic E-state index is 0. The van der Waals surface area contributed by atoms with Crippen molar-refractivity contribution in [2.45, 2.75) is 39.2 Å². The summed E-state index contributed by atoms with van der Waals surface area (Å²) in [5, 5.41) is 4.50. The van der Waals surface area contributed by atoms with E-state index in [2.05, 4.69) is 27.1 Å². The molecule has 1 aromatic carbocycles. The molecule has 0 bridgehead atoms. The Morgan fingerprint density at radius 1 is 1.12 bits per heavy atom. The molecule has 1 aliphatic heterocycles. The van der Waals surface area contributed by atoms with Crippen molar-refractivity contribution in [3.8, 4) is 5.69 Å². The summed E-state index contributed by atoms with van der Waals surface area (Å²) in [5.41, 5.74) is 9.41. The highest BCUT2D eigenvalue weighted by Gasteiger charge is 2.11. The first kappa shape index (κ1) is 18.8. The highest BCUT2D eigenvalue weighted by molar-refractivity contribution is 14.0. The molecule has 130 valence electrons. The molecule has 0 amide bonds. The van der Waals surface area contributed by atoms with Crippen molar-refractivity contribution < 1.29 is 0 Å². The van der Waals surface area contributed by atoms with Crippen LogP contribution in [0.25, 0.3) is 5.69 Å². The van der Waals surface area contributed by atoms with Crippen LogP contribution in [0.1, 0.15) is 36.9 Å². The number of nitrogens with two attached hydrogens (primary N) is 1. The van der Waals surface area contributed by atoms with Crippen LogP contribution >= 0.6 is 24.0 Å². The molecule has 0 atom stereocenters. The van der Waals surface area contributed by atoms with Crippen LogP contribution in [0.4, 0.5) is 0 Å². The van der Waals surface area contributed by atoms with Crippen LogP contribution in [0.3, 0.4) is 0 Å². The molecule has 0 spiro atoms. The highest BCUT2D eigenvalue weighted by atomic mass is 127. The summed E-state index contributed by atoms with van der Waals surface area (Å²) < 4.78 is 1.91. The number of aryl methyl sites for hydroxylation is 1. The normalized spacial score (nSPS) is 15.7. The molecule has 6 heteroatoms. The summed E-state index contributed by atoms with van der Waals surface area (Å²) in [7, 11) is 0. The van der Waals surface area contributed by atoms with Gasteiger partial charge in [0.15, 0.2) is 5.96 Å². The van der Waals surface area contributed by atoms with Gasteiger partial charge in [0.25, 0.3) is 0 Å². The van der Waals surface area contributed by atoms with E-state index in [4.69, 9.17) is 5.73 Å². The summed E-state index contributed by atoms with van der Waals surface area (Å²) in [4.78, 5) is 6.85. The number of likely N-dealkylation sites (tertiary alicyclic amines) is 1. The molecule has 2 N–H and O–H groups in total. The number of guanidine groups is 1. The third-order valence-corrected chi connectivity index (χ3v) is 4.30. The second-order valence-electron chi connectivity index (χ2n) is 6.11. The molecular weight excluding hydrogens is 413 g/mol. The quantitative estimate of drug-likeness (QED) is 0.453. The summed E-state index contributed by atoms with van der Waals surface area (Å²) in [6.45, 7) is 4.62. The Morgan fingerprint density at radius 3 is 2.50 bits per heavy atom. The lowest BCUT2D eigenvalue weighted by Crippen LogP contribution is -2.38. The fraction of sp³-hybridized carbons (Fsp3) is 0.444. The van der Waals surface area contributed by atoms with Gasteiger partial charge >= 0.3 is 0 Å². The average Bonchev–Trinajstić information content (AvgIpc) is 2.83. The first-order valence-electron chi connectivity index (χ1n) is 8.39. The topological polar surface area (TPSA) is 59.4 Å². The molecule has 5 nitrogen and oxygen atoms in total. The number of aliphatic imine (C=N–C) groups is 1. The van der Waals surface area contributed by atoms with Crippen molar-refractivity contribution in [1.29, 1.82) is 0 Å². The fourth-order valence-electron chi connectivity index (χ4n) is 2.98. The third-order valence-electron chi connectivity index (χ3n) is 4.30. The van der Waals surface area contributed by atoms with Crippen molar-refractivity contribution >= 4 is 29.9 Å². The van der Waals surface area contributed by atoms with E-state index in [9.17, 15) is 0 Å². The first-order chi connectivity index (χ1) is 11.2. The van der Waals surface area contributed by atoms with E-state index in [-0.39, 0.29) is 24.0 Å². The van der Waals surface area contributed by atoms with Crippen molar-refractivity contribution in [3.63, 3.8) is 0 Å². The maximum Gasteiger partial charge on any atom is 0.191 e. The van der Waals surface area contributed by atoms with Gasteiger partial charge in [0.2, 0.25) is 0 Å². The van der Waals surface area contributed by atoms with E-state index in [1.54, 1.807) is 0 Å². The van der Waals surface area contributed by atoms with Crippen LogP contribution in [-0.4, -0.2) is 33.7 Å². The zero-order chi connectivity index (χ0) is 16.1. The highest BCUT2D eigenvalue weighted by Crippen LogP contribution is 2.16. The predicted octanol–water partition coefficient (Wildman–Crippen LogP) is 3.49. The molecule has 1 fully saturated rings. The summed E-state index contributed by atoms with van der Waals surface area (Å²) >= 11 is 0. The summed E-state index contributed by atoms with van der Waals surface area (Å²) in [6, 6.07) is 10.2. The maximum absolute atomic E-state index is 6.21. The van der Waals surface area contributed by atoms with Gasteiger partial charge in [-0.2, -0.15) is 5.10 Å². The Hall–Kier alpha value is -1.57. The molecule has 2 heterocycles. The van der Waals surface area contributed by atoms with Crippen molar-refractivity contribution in [1.82, 2.24) is 14.7 Å². The van der Waals surface area contributed by atoms with Gasteiger partial charge in [0, 0.05) is 19.3 Å². The SMILES string of the molecule is Cc1ccn(-c2ccccc2CN=C(N)N2CCCCCC2)n1.I. The lowest BCUT2D eigenvalue weighted by Gasteiger charge is -2.21. The van der Waals surface area contributed by atoms with Crippen molar-refractivity contribution in [3.05, 3.63) is 47.8 Å². The van der Waals surface area contributed by atoms with Crippen molar-refractivity contribution in [2.24, 2.45) is 10.7 Å². The van der Waals surface area contributed by atoms with E-state index in [0.29, 0.717) is 12.5 Å². The van der Waals surface area contributed by atoms with E-state index in [1.165, 1.54) is 25.7 Å². The Kier molecular flexibility index (Phi) is 7.08. The second-order valence-corrected chi connectivity index (χ2v) is 6.11. The number of halogens is 1. The monoisotopic (exact) mass is 439 g/mol. The molecule has 1 saturated heterocycles. The lowest BCUT2D eigenvalue weighted by atomic mass is 10.2. The third kappa shape index (κ3) is 4.72. The number of hydrogen-bond acceptors (Lipinski definition) is 2. The zero-order valence-electron chi connectivity index (χ0n) is 14.2. The van der Waals surface area contributed by atoms with Gasteiger partial charge in [-0.25, -0.2) is 9.67 Å². The summed E-state index contributed by atoms with van der Waals surface area (Å²) in [6.07, 6.45) is 6.99. The lowest BCUT2D eigenvalue weighted by molar-refractivity contribution is 0.428. The van der Waals surface area contributed by atoms with Gasteiger partial charge in [-0.05, 0) is 37.5 Å². The number of rotatable bonds is 3. The van der Waals surface area contributed by atoms with Gasteiger partial charge in [-0.1, -0.05) is 31.0 Å². The van der Waals surface area contributed by atoms with E-state index < -0.39 is 0 Å². The van der Waals surface area contributed by atoms with Gasteiger partial charge < -0.3 is 10.6 Å². The second kappa shape index (κ2) is 9.05. The fourth-order valence-corrected chi connectivity index (χ4v) is 2.98. The molecule has 0 aliphatic carbocycles. The largest absolute Gasteiger partial charge is 0.370 e. The summed E-state index contributed by atoms with van der Waals surface area (Å²) in [5.74, 6) is 0.665. The van der Waals surface area contributed by atoms with E-state index >= 15 is 0 Å². The van der Waals surface area contributed by atoms with Crippen LogP contribution in [0.5, 0.6) is 0 Å². The first-order valence-corrected chi connectivity index (χ1v) is 8.39. The molecule has 0 saturated carbocycles. The number of para-hydroxylation sites is 1. The minimum absolute atomic E-state index is 0. The molecule has 0 unspecified atom stereocenters.